The molecule has 0 fully saturated rings. The van der Waals surface area contributed by atoms with E-state index in [9.17, 15) is 4.79 Å². The van der Waals surface area contributed by atoms with E-state index in [2.05, 4.69) is 18.7 Å². The van der Waals surface area contributed by atoms with Gasteiger partial charge in [-0.2, -0.15) is 0 Å². The maximum Gasteiger partial charge on any atom is 0.274 e. The summed E-state index contributed by atoms with van der Waals surface area (Å²) in [5.41, 5.74) is 2.53. The van der Waals surface area contributed by atoms with Crippen LogP contribution in [0.2, 0.25) is 0 Å². The van der Waals surface area contributed by atoms with Gasteiger partial charge in [-0.3, -0.25) is 4.79 Å². The maximum atomic E-state index is 13.7. The summed E-state index contributed by atoms with van der Waals surface area (Å²) >= 11 is 0. The van der Waals surface area contributed by atoms with Gasteiger partial charge in [0.1, 0.15) is 0 Å². The van der Waals surface area contributed by atoms with Crippen molar-refractivity contribution in [1.29, 1.82) is 0 Å². The molecule has 0 bridgehead atoms. The van der Waals surface area contributed by atoms with E-state index in [1.54, 1.807) is 7.11 Å². The monoisotopic (exact) mass is 407 g/mol. The quantitative estimate of drug-likeness (QED) is 0.483. The molecule has 0 radical (unpaired) electrons. The Morgan fingerprint density at radius 1 is 0.900 bits per heavy atom. The number of benzene rings is 2. The van der Waals surface area contributed by atoms with Crippen LogP contribution >= 0.6 is 0 Å². The van der Waals surface area contributed by atoms with Crippen LogP contribution < -0.4 is 4.74 Å². The van der Waals surface area contributed by atoms with Crippen molar-refractivity contribution < 1.29 is 9.53 Å². The third kappa shape index (κ3) is 4.36. The molecular weight excluding hydrogens is 374 g/mol. The number of fused-ring (bicyclic) bond motifs is 1. The van der Waals surface area contributed by atoms with E-state index in [4.69, 9.17) is 4.74 Å². The minimum atomic E-state index is 0.00829. The van der Waals surface area contributed by atoms with Gasteiger partial charge in [-0.1, -0.05) is 44.2 Å². The second-order valence-electron chi connectivity index (χ2n) is 7.34. The molecule has 5 heteroatoms. The second kappa shape index (κ2) is 10.3. The third-order valence-corrected chi connectivity index (χ3v) is 5.72. The Morgan fingerprint density at radius 2 is 1.57 bits per heavy atom. The number of amides is 1. The summed E-state index contributed by atoms with van der Waals surface area (Å²) in [6, 6.07) is 18.1. The molecule has 0 saturated carbocycles. The average molecular weight is 408 g/mol. The van der Waals surface area contributed by atoms with Gasteiger partial charge in [-0.15, -0.1) is 0 Å². The highest BCUT2D eigenvalue weighted by Crippen LogP contribution is 2.36. The van der Waals surface area contributed by atoms with Gasteiger partial charge in [-0.25, -0.2) is 0 Å². The van der Waals surface area contributed by atoms with E-state index in [-0.39, 0.29) is 5.91 Å². The van der Waals surface area contributed by atoms with Gasteiger partial charge < -0.3 is 19.1 Å². The molecule has 1 aromatic heterocycles. The Labute approximate surface area is 179 Å². The molecule has 0 atom stereocenters. The summed E-state index contributed by atoms with van der Waals surface area (Å²) in [7, 11) is 1.64. The molecule has 0 unspecified atom stereocenters. The first kappa shape index (κ1) is 21.9. The molecule has 2 aromatic carbocycles. The Bertz CT molecular complexity index is 961. The first-order valence-corrected chi connectivity index (χ1v) is 10.9. The van der Waals surface area contributed by atoms with Gasteiger partial charge in [0.2, 0.25) is 0 Å². The van der Waals surface area contributed by atoms with E-state index in [1.807, 2.05) is 71.0 Å². The fourth-order valence-electron chi connectivity index (χ4n) is 4.03. The van der Waals surface area contributed by atoms with Crippen molar-refractivity contribution in [2.75, 3.05) is 39.8 Å². The average Bonchev–Trinajstić information content (AvgIpc) is 3.14. The number of ether oxygens (including phenoxy) is 1. The van der Waals surface area contributed by atoms with E-state index < -0.39 is 0 Å². The summed E-state index contributed by atoms with van der Waals surface area (Å²) in [4.78, 5) is 18.1. The zero-order valence-corrected chi connectivity index (χ0v) is 18.6. The molecule has 160 valence electrons. The Morgan fingerprint density at radius 3 is 2.20 bits per heavy atom. The highest BCUT2D eigenvalue weighted by atomic mass is 16.5. The third-order valence-electron chi connectivity index (χ3n) is 5.72. The van der Waals surface area contributed by atoms with E-state index in [0.717, 1.165) is 49.2 Å². The van der Waals surface area contributed by atoms with Crippen LogP contribution in [0.15, 0.2) is 54.6 Å². The van der Waals surface area contributed by atoms with Crippen LogP contribution in [0.4, 0.5) is 0 Å². The molecule has 0 aliphatic heterocycles. The van der Waals surface area contributed by atoms with E-state index >= 15 is 0 Å². The van der Waals surface area contributed by atoms with Gasteiger partial charge in [0.15, 0.2) is 11.4 Å². The molecule has 3 aromatic rings. The topological polar surface area (TPSA) is 37.7 Å². The van der Waals surface area contributed by atoms with Crippen LogP contribution in [0, 0.1) is 0 Å². The zero-order valence-electron chi connectivity index (χ0n) is 18.6. The summed E-state index contributed by atoms with van der Waals surface area (Å²) in [5.74, 6) is 0.649. The number of carbonyl (C=O) groups excluding carboxylic acids is 1. The largest absolute Gasteiger partial charge is 0.494 e. The van der Waals surface area contributed by atoms with Crippen LogP contribution in [0.5, 0.6) is 5.75 Å². The highest BCUT2D eigenvalue weighted by molar-refractivity contribution is 6.05. The number of hydrogen-bond acceptors (Lipinski definition) is 3. The van der Waals surface area contributed by atoms with Gasteiger partial charge in [0, 0.05) is 24.2 Å². The predicted octanol–water partition coefficient (Wildman–Crippen LogP) is 4.83. The molecule has 0 aliphatic rings. The number of rotatable bonds is 10. The molecule has 5 nitrogen and oxygen atoms in total. The summed E-state index contributed by atoms with van der Waals surface area (Å²) in [5, 5.41) is 0.950. The van der Waals surface area contributed by atoms with Crippen LogP contribution in [0.3, 0.4) is 0 Å². The molecule has 0 saturated heterocycles. The number of nitrogens with zero attached hydrogens (tertiary/aromatic N) is 3. The number of para-hydroxylation sites is 2. The standard InChI is InChI=1S/C25H33N3O2/c1-5-26(6-2)18-13-19-27(7-3)25(29)23-24(30-4)21-16-11-12-17-22(21)28(23)20-14-9-8-10-15-20/h8-12,14-17H,5-7,13,18-19H2,1-4H3. The van der Waals surface area contributed by atoms with Crippen LogP contribution in [0.25, 0.3) is 16.6 Å². The first-order valence-electron chi connectivity index (χ1n) is 10.9. The molecule has 0 aliphatic carbocycles. The van der Waals surface area contributed by atoms with Gasteiger partial charge in [0.05, 0.1) is 12.6 Å². The number of aromatic nitrogens is 1. The molecule has 1 heterocycles. The SMILES string of the molecule is CCN(CC)CCCN(CC)C(=O)c1c(OC)c2ccccc2n1-c1ccccc1. The number of hydrogen-bond donors (Lipinski definition) is 0. The normalized spacial score (nSPS) is 11.2. The fourth-order valence-corrected chi connectivity index (χ4v) is 4.03. The first-order chi connectivity index (χ1) is 14.7. The smallest absolute Gasteiger partial charge is 0.274 e. The van der Waals surface area contributed by atoms with Gasteiger partial charge >= 0.3 is 0 Å². The van der Waals surface area contributed by atoms with Gasteiger partial charge in [-0.05, 0) is 57.2 Å². The Kier molecular flexibility index (Phi) is 7.52. The minimum absolute atomic E-state index is 0.00829. The number of carbonyl (C=O) groups is 1. The Hall–Kier alpha value is -2.79. The molecular formula is C25H33N3O2. The fraction of sp³-hybridized carbons (Fsp3) is 0.400. The van der Waals surface area contributed by atoms with Crippen LogP contribution in [-0.4, -0.2) is 60.1 Å². The second-order valence-corrected chi connectivity index (χ2v) is 7.34. The summed E-state index contributed by atoms with van der Waals surface area (Å²) in [6.07, 6.45) is 0.954. The summed E-state index contributed by atoms with van der Waals surface area (Å²) in [6.45, 7) is 10.8. The molecule has 1 amide bonds. The van der Waals surface area contributed by atoms with Crippen molar-refractivity contribution in [1.82, 2.24) is 14.4 Å². The van der Waals surface area contributed by atoms with Crippen molar-refractivity contribution >= 4 is 16.8 Å². The zero-order chi connectivity index (χ0) is 21.5. The molecule has 3 rings (SSSR count). The van der Waals surface area contributed by atoms with Crippen LogP contribution in [0.1, 0.15) is 37.7 Å². The van der Waals surface area contributed by atoms with Crippen molar-refractivity contribution in [3.05, 3.63) is 60.3 Å². The van der Waals surface area contributed by atoms with Crippen molar-refractivity contribution in [3.63, 3.8) is 0 Å². The van der Waals surface area contributed by atoms with Crippen LogP contribution in [-0.2, 0) is 0 Å². The summed E-state index contributed by atoms with van der Waals surface area (Å²) < 4.78 is 7.81. The molecule has 30 heavy (non-hydrogen) atoms. The van der Waals surface area contributed by atoms with Crippen molar-refractivity contribution in [3.8, 4) is 11.4 Å². The van der Waals surface area contributed by atoms with Gasteiger partial charge in [0.25, 0.3) is 5.91 Å². The molecule has 0 spiro atoms. The number of methoxy groups -OCH3 is 1. The van der Waals surface area contributed by atoms with E-state index in [1.165, 1.54) is 0 Å². The van der Waals surface area contributed by atoms with E-state index in [0.29, 0.717) is 18.0 Å². The lowest BCUT2D eigenvalue weighted by Crippen LogP contribution is -2.35. The van der Waals surface area contributed by atoms with Crippen molar-refractivity contribution in [2.24, 2.45) is 0 Å². The Balaban J connectivity index is 2.02. The minimum Gasteiger partial charge on any atom is -0.494 e. The lowest BCUT2D eigenvalue weighted by atomic mass is 10.2. The van der Waals surface area contributed by atoms with Crippen molar-refractivity contribution in [2.45, 2.75) is 27.2 Å². The lowest BCUT2D eigenvalue weighted by Gasteiger charge is -2.24. The maximum absolute atomic E-state index is 13.7. The lowest BCUT2D eigenvalue weighted by molar-refractivity contribution is 0.0746. The predicted molar refractivity (Wildman–Crippen MR) is 124 cm³/mol. The molecule has 0 N–H and O–H groups in total. The highest BCUT2D eigenvalue weighted by Gasteiger charge is 2.27.